The quantitative estimate of drug-likeness (QED) is 0.768. The van der Waals surface area contributed by atoms with E-state index in [1.807, 2.05) is 6.92 Å². The number of nitrogens with one attached hydrogen (secondary N) is 1. The molecule has 0 aromatic carbocycles. The van der Waals surface area contributed by atoms with Crippen molar-refractivity contribution >= 4 is 5.82 Å². The van der Waals surface area contributed by atoms with Crippen LogP contribution in [0.4, 0.5) is 19.0 Å². The second-order valence-electron chi connectivity index (χ2n) is 3.42. The summed E-state index contributed by atoms with van der Waals surface area (Å²) in [5, 5.41) is 5.74. The molecule has 0 radical (unpaired) electrons. The van der Waals surface area contributed by atoms with E-state index in [2.05, 4.69) is 10.2 Å². The molecule has 0 fully saturated rings. The minimum absolute atomic E-state index is 0.0912. The molecule has 0 amide bonds. The number of hydrogen-bond acceptors (Lipinski definition) is 2. The van der Waals surface area contributed by atoms with Gasteiger partial charge in [0.25, 0.3) is 0 Å². The molecule has 0 saturated carbocycles. The topological polar surface area (TPSA) is 54.7 Å². The number of nitrogen functional groups attached to an aromatic ring is 1. The molecule has 0 unspecified atom stereocenters. The van der Waals surface area contributed by atoms with Crippen LogP contribution in [-0.2, 0) is 12.6 Å². The van der Waals surface area contributed by atoms with Crippen molar-refractivity contribution < 1.29 is 13.2 Å². The van der Waals surface area contributed by atoms with Gasteiger partial charge in [-0.1, -0.05) is 19.8 Å². The highest BCUT2D eigenvalue weighted by atomic mass is 19.4. The SMILES string of the molecule is CCCCCc1[nH]nc(N)c1C(F)(F)F. The lowest BCUT2D eigenvalue weighted by Gasteiger charge is -2.07. The molecule has 0 aliphatic heterocycles. The third-order valence-electron chi connectivity index (χ3n) is 2.18. The summed E-state index contributed by atoms with van der Waals surface area (Å²) in [6, 6.07) is 0. The predicted molar refractivity (Wildman–Crippen MR) is 51.2 cm³/mol. The van der Waals surface area contributed by atoms with Crippen molar-refractivity contribution in [1.29, 1.82) is 0 Å². The summed E-state index contributed by atoms with van der Waals surface area (Å²) in [5.41, 5.74) is 4.45. The van der Waals surface area contributed by atoms with Gasteiger partial charge in [-0.05, 0) is 12.8 Å². The van der Waals surface area contributed by atoms with Crippen LogP contribution >= 0.6 is 0 Å². The first-order valence-electron chi connectivity index (χ1n) is 4.86. The highest BCUT2D eigenvalue weighted by molar-refractivity contribution is 5.44. The van der Waals surface area contributed by atoms with Gasteiger partial charge in [-0.15, -0.1) is 0 Å². The number of alkyl halides is 3. The first-order valence-corrected chi connectivity index (χ1v) is 4.86. The predicted octanol–water partition coefficient (Wildman–Crippen LogP) is 2.74. The van der Waals surface area contributed by atoms with Crippen molar-refractivity contribution in [3.8, 4) is 0 Å². The Kier molecular flexibility index (Phi) is 3.60. The molecule has 3 nitrogen and oxygen atoms in total. The Morgan fingerprint density at radius 2 is 2.00 bits per heavy atom. The second kappa shape index (κ2) is 4.55. The fourth-order valence-electron chi connectivity index (χ4n) is 1.44. The maximum atomic E-state index is 12.5. The van der Waals surface area contributed by atoms with Gasteiger partial charge in [0.15, 0.2) is 5.82 Å². The van der Waals surface area contributed by atoms with E-state index in [1.54, 1.807) is 0 Å². The average Bonchev–Trinajstić information content (AvgIpc) is 2.47. The zero-order valence-corrected chi connectivity index (χ0v) is 8.49. The molecule has 6 heteroatoms. The number of aromatic nitrogens is 2. The number of H-pyrrole nitrogens is 1. The van der Waals surface area contributed by atoms with Gasteiger partial charge in [0.2, 0.25) is 0 Å². The molecule has 1 aromatic rings. The largest absolute Gasteiger partial charge is 0.421 e. The van der Waals surface area contributed by atoms with E-state index in [0.29, 0.717) is 12.8 Å². The number of aromatic amines is 1. The molecule has 86 valence electrons. The summed E-state index contributed by atoms with van der Waals surface area (Å²) < 4.78 is 37.5. The molecule has 0 bridgehead atoms. The third kappa shape index (κ3) is 2.87. The van der Waals surface area contributed by atoms with Crippen LogP contribution in [0.25, 0.3) is 0 Å². The van der Waals surface area contributed by atoms with Gasteiger partial charge in [0.1, 0.15) is 5.56 Å². The molecule has 15 heavy (non-hydrogen) atoms. The first-order chi connectivity index (χ1) is 6.96. The summed E-state index contributed by atoms with van der Waals surface area (Å²) in [7, 11) is 0. The van der Waals surface area contributed by atoms with Crippen molar-refractivity contribution in [2.24, 2.45) is 0 Å². The zero-order valence-electron chi connectivity index (χ0n) is 8.49. The molecule has 0 saturated heterocycles. The van der Waals surface area contributed by atoms with Gasteiger partial charge >= 0.3 is 6.18 Å². The lowest BCUT2D eigenvalue weighted by Crippen LogP contribution is -2.10. The van der Waals surface area contributed by atoms with E-state index in [4.69, 9.17) is 5.73 Å². The Balaban J connectivity index is 2.80. The third-order valence-corrected chi connectivity index (χ3v) is 2.18. The standard InChI is InChI=1S/C9H14F3N3/c1-2-3-4-5-6-7(9(10,11)12)8(13)15-14-6/h2-5H2,1H3,(H3,13,14,15). The van der Waals surface area contributed by atoms with E-state index in [0.717, 1.165) is 12.8 Å². The molecular weight excluding hydrogens is 207 g/mol. The van der Waals surface area contributed by atoms with E-state index >= 15 is 0 Å². The summed E-state index contributed by atoms with van der Waals surface area (Å²) >= 11 is 0. The number of nitrogens with zero attached hydrogens (tertiary/aromatic N) is 1. The van der Waals surface area contributed by atoms with Crippen molar-refractivity contribution in [2.75, 3.05) is 5.73 Å². The lowest BCUT2D eigenvalue weighted by molar-refractivity contribution is -0.137. The molecule has 1 aromatic heterocycles. The fraction of sp³-hybridized carbons (Fsp3) is 0.667. The molecular formula is C9H14F3N3. The fourth-order valence-corrected chi connectivity index (χ4v) is 1.44. The van der Waals surface area contributed by atoms with Crippen molar-refractivity contribution in [2.45, 2.75) is 38.8 Å². The van der Waals surface area contributed by atoms with Crippen LogP contribution in [-0.4, -0.2) is 10.2 Å². The normalized spacial score (nSPS) is 12.0. The van der Waals surface area contributed by atoms with E-state index in [9.17, 15) is 13.2 Å². The van der Waals surface area contributed by atoms with Gasteiger partial charge in [-0.3, -0.25) is 5.10 Å². The van der Waals surface area contributed by atoms with E-state index in [-0.39, 0.29) is 5.69 Å². The molecule has 0 aliphatic rings. The average molecular weight is 221 g/mol. The molecule has 1 rings (SSSR count). The lowest BCUT2D eigenvalue weighted by atomic mass is 10.1. The second-order valence-corrected chi connectivity index (χ2v) is 3.42. The Morgan fingerprint density at radius 1 is 1.33 bits per heavy atom. The number of unbranched alkanes of at least 4 members (excludes halogenated alkanes) is 2. The van der Waals surface area contributed by atoms with Crippen LogP contribution in [0.15, 0.2) is 0 Å². The van der Waals surface area contributed by atoms with Gasteiger partial charge in [-0.2, -0.15) is 18.3 Å². The Hall–Kier alpha value is -1.20. The monoisotopic (exact) mass is 221 g/mol. The van der Waals surface area contributed by atoms with Gasteiger partial charge in [0, 0.05) is 5.69 Å². The van der Waals surface area contributed by atoms with E-state index < -0.39 is 17.6 Å². The molecule has 3 N–H and O–H groups in total. The van der Waals surface area contributed by atoms with Crippen LogP contribution < -0.4 is 5.73 Å². The van der Waals surface area contributed by atoms with Crippen molar-refractivity contribution in [3.63, 3.8) is 0 Å². The highest BCUT2D eigenvalue weighted by Gasteiger charge is 2.37. The van der Waals surface area contributed by atoms with Crippen LogP contribution in [0, 0.1) is 0 Å². The van der Waals surface area contributed by atoms with Gasteiger partial charge in [-0.25, -0.2) is 0 Å². The summed E-state index contributed by atoms with van der Waals surface area (Å²) in [5.74, 6) is -0.464. The minimum Gasteiger partial charge on any atom is -0.382 e. The smallest absolute Gasteiger partial charge is 0.382 e. The maximum absolute atomic E-state index is 12.5. The Bertz CT molecular complexity index is 317. The van der Waals surface area contributed by atoms with Crippen molar-refractivity contribution in [1.82, 2.24) is 10.2 Å². The molecule has 1 heterocycles. The first kappa shape index (κ1) is 11.9. The maximum Gasteiger partial charge on any atom is 0.421 e. The Labute approximate surface area is 85.9 Å². The van der Waals surface area contributed by atoms with Gasteiger partial charge in [0.05, 0.1) is 0 Å². The van der Waals surface area contributed by atoms with Crippen LogP contribution in [0.5, 0.6) is 0 Å². The number of nitrogens with two attached hydrogens (primary N) is 1. The van der Waals surface area contributed by atoms with Crippen LogP contribution in [0.3, 0.4) is 0 Å². The van der Waals surface area contributed by atoms with Crippen LogP contribution in [0.1, 0.15) is 37.4 Å². The molecule has 0 aliphatic carbocycles. The number of hydrogen-bond donors (Lipinski definition) is 2. The van der Waals surface area contributed by atoms with Gasteiger partial charge < -0.3 is 5.73 Å². The number of anilines is 1. The van der Waals surface area contributed by atoms with Crippen LogP contribution in [0.2, 0.25) is 0 Å². The Morgan fingerprint density at radius 3 is 2.53 bits per heavy atom. The highest BCUT2D eigenvalue weighted by Crippen LogP contribution is 2.35. The number of halogens is 3. The zero-order chi connectivity index (χ0) is 11.5. The number of aryl methyl sites for hydroxylation is 1. The van der Waals surface area contributed by atoms with E-state index in [1.165, 1.54) is 0 Å². The summed E-state index contributed by atoms with van der Waals surface area (Å²) in [6.07, 6.45) is -1.51. The summed E-state index contributed by atoms with van der Waals surface area (Å²) in [6.45, 7) is 1.99. The molecule has 0 spiro atoms. The van der Waals surface area contributed by atoms with Crippen molar-refractivity contribution in [3.05, 3.63) is 11.3 Å². The summed E-state index contributed by atoms with van der Waals surface area (Å²) in [4.78, 5) is 0. The number of rotatable bonds is 4. The minimum atomic E-state index is -4.42. The molecule has 0 atom stereocenters.